The van der Waals surface area contributed by atoms with Crippen molar-refractivity contribution in [3.05, 3.63) is 24.3 Å². The lowest BCUT2D eigenvalue weighted by Crippen LogP contribution is -2.48. The van der Waals surface area contributed by atoms with Gasteiger partial charge in [-0.3, -0.25) is 4.79 Å². The van der Waals surface area contributed by atoms with Crippen LogP contribution >= 0.6 is 11.3 Å². The van der Waals surface area contributed by atoms with E-state index in [2.05, 4.69) is 23.1 Å². The van der Waals surface area contributed by atoms with E-state index in [0.717, 1.165) is 49.4 Å². The van der Waals surface area contributed by atoms with Gasteiger partial charge in [0.1, 0.15) is 0 Å². The SMILES string of the molecule is CN(C(=O)C1CCC1)C1CCN(c2nc3ccccc3s2)CC1. The second-order valence-electron chi connectivity index (χ2n) is 6.76. The summed E-state index contributed by atoms with van der Waals surface area (Å²) in [6.45, 7) is 1.99. The van der Waals surface area contributed by atoms with Crippen molar-refractivity contribution in [3.8, 4) is 0 Å². The molecule has 0 N–H and O–H groups in total. The van der Waals surface area contributed by atoms with Gasteiger partial charge in [0.2, 0.25) is 5.91 Å². The second kappa shape index (κ2) is 6.11. The van der Waals surface area contributed by atoms with Crippen LogP contribution < -0.4 is 4.90 Å². The van der Waals surface area contributed by atoms with Gasteiger partial charge in [-0.1, -0.05) is 29.9 Å². The molecule has 0 spiro atoms. The first-order valence-electron chi connectivity index (χ1n) is 8.59. The van der Waals surface area contributed by atoms with Crippen molar-refractivity contribution in [2.45, 2.75) is 38.1 Å². The smallest absolute Gasteiger partial charge is 0.225 e. The van der Waals surface area contributed by atoms with Gasteiger partial charge in [0.15, 0.2) is 5.13 Å². The molecule has 23 heavy (non-hydrogen) atoms. The van der Waals surface area contributed by atoms with Crippen LogP contribution in [0.25, 0.3) is 10.2 Å². The zero-order chi connectivity index (χ0) is 15.8. The highest BCUT2D eigenvalue weighted by Crippen LogP contribution is 2.32. The fraction of sp³-hybridized carbons (Fsp3) is 0.556. The Morgan fingerprint density at radius 2 is 1.96 bits per heavy atom. The fourth-order valence-electron chi connectivity index (χ4n) is 3.56. The van der Waals surface area contributed by atoms with Gasteiger partial charge in [-0.15, -0.1) is 0 Å². The molecule has 1 saturated carbocycles. The number of aromatic nitrogens is 1. The Morgan fingerprint density at radius 3 is 2.61 bits per heavy atom. The molecule has 4 nitrogen and oxygen atoms in total. The van der Waals surface area contributed by atoms with Crippen molar-refractivity contribution in [1.82, 2.24) is 9.88 Å². The molecule has 1 amide bonds. The maximum Gasteiger partial charge on any atom is 0.225 e. The third-order valence-corrected chi connectivity index (χ3v) is 6.46. The van der Waals surface area contributed by atoms with Crippen LogP contribution in [0.3, 0.4) is 0 Å². The molecule has 122 valence electrons. The Labute approximate surface area is 141 Å². The van der Waals surface area contributed by atoms with Crippen LogP contribution in [0.2, 0.25) is 0 Å². The molecule has 1 aliphatic carbocycles. The monoisotopic (exact) mass is 329 g/mol. The molecule has 2 fully saturated rings. The molecule has 1 aliphatic heterocycles. The third kappa shape index (κ3) is 2.82. The zero-order valence-electron chi connectivity index (χ0n) is 13.6. The van der Waals surface area contributed by atoms with E-state index in [1.54, 1.807) is 11.3 Å². The lowest BCUT2D eigenvalue weighted by molar-refractivity contribution is -0.139. The van der Waals surface area contributed by atoms with Crippen LogP contribution in [0.15, 0.2) is 24.3 Å². The molecule has 0 bridgehead atoms. The predicted molar refractivity (Wildman–Crippen MR) is 95.0 cm³/mol. The summed E-state index contributed by atoms with van der Waals surface area (Å²) in [6, 6.07) is 8.71. The number of amides is 1. The number of carbonyl (C=O) groups is 1. The standard InChI is InChI=1S/C18H23N3OS/c1-20(17(22)13-5-4-6-13)14-9-11-21(12-10-14)18-19-15-7-2-3-8-16(15)23-18/h2-3,7-8,13-14H,4-6,9-12H2,1H3. The lowest BCUT2D eigenvalue weighted by Gasteiger charge is -2.39. The van der Waals surface area contributed by atoms with E-state index < -0.39 is 0 Å². The lowest BCUT2D eigenvalue weighted by atomic mass is 9.84. The third-order valence-electron chi connectivity index (χ3n) is 5.37. The Hall–Kier alpha value is -1.62. The number of hydrogen-bond acceptors (Lipinski definition) is 4. The highest BCUT2D eigenvalue weighted by atomic mass is 32.1. The molecule has 1 aromatic heterocycles. The number of piperidine rings is 1. The first-order valence-corrected chi connectivity index (χ1v) is 9.41. The summed E-state index contributed by atoms with van der Waals surface area (Å²) in [5, 5.41) is 1.12. The summed E-state index contributed by atoms with van der Waals surface area (Å²) in [5.74, 6) is 0.678. The fourth-order valence-corrected chi connectivity index (χ4v) is 4.58. The van der Waals surface area contributed by atoms with Crippen LogP contribution in [0.4, 0.5) is 5.13 Å². The number of anilines is 1. The number of thiazole rings is 1. The average molecular weight is 329 g/mol. The summed E-state index contributed by atoms with van der Waals surface area (Å²) < 4.78 is 1.25. The molecule has 5 heteroatoms. The van der Waals surface area contributed by atoms with Crippen LogP contribution in [0, 0.1) is 5.92 Å². The minimum Gasteiger partial charge on any atom is -0.348 e. The Bertz CT molecular complexity index is 668. The van der Waals surface area contributed by atoms with E-state index in [-0.39, 0.29) is 0 Å². The van der Waals surface area contributed by atoms with Gasteiger partial charge in [0, 0.05) is 32.1 Å². The van der Waals surface area contributed by atoms with Crippen molar-refractivity contribution in [2.75, 3.05) is 25.0 Å². The number of hydrogen-bond donors (Lipinski definition) is 0. The number of carbonyl (C=O) groups excluding carboxylic acids is 1. The van der Waals surface area contributed by atoms with E-state index in [1.165, 1.54) is 11.1 Å². The minimum absolute atomic E-state index is 0.308. The molecule has 0 atom stereocenters. The van der Waals surface area contributed by atoms with Crippen molar-refractivity contribution < 1.29 is 4.79 Å². The van der Waals surface area contributed by atoms with Gasteiger partial charge in [-0.05, 0) is 37.8 Å². The van der Waals surface area contributed by atoms with E-state index in [4.69, 9.17) is 4.98 Å². The summed E-state index contributed by atoms with van der Waals surface area (Å²) >= 11 is 1.77. The summed E-state index contributed by atoms with van der Waals surface area (Å²) in [6.07, 6.45) is 5.50. The van der Waals surface area contributed by atoms with Gasteiger partial charge < -0.3 is 9.80 Å². The van der Waals surface area contributed by atoms with Crippen LogP contribution in [-0.2, 0) is 4.79 Å². The highest BCUT2D eigenvalue weighted by Gasteiger charge is 2.32. The highest BCUT2D eigenvalue weighted by molar-refractivity contribution is 7.22. The van der Waals surface area contributed by atoms with Crippen molar-refractivity contribution in [2.24, 2.45) is 5.92 Å². The molecule has 0 radical (unpaired) electrons. The van der Waals surface area contributed by atoms with Crippen LogP contribution in [0.5, 0.6) is 0 Å². The maximum absolute atomic E-state index is 12.4. The van der Waals surface area contributed by atoms with Crippen molar-refractivity contribution in [3.63, 3.8) is 0 Å². The second-order valence-corrected chi connectivity index (χ2v) is 7.77. The molecule has 4 rings (SSSR count). The topological polar surface area (TPSA) is 36.4 Å². The van der Waals surface area contributed by atoms with Gasteiger partial charge in [0.05, 0.1) is 10.2 Å². The molecule has 2 aliphatic rings. The maximum atomic E-state index is 12.4. The normalized spacial score (nSPS) is 19.8. The quantitative estimate of drug-likeness (QED) is 0.864. The van der Waals surface area contributed by atoms with Gasteiger partial charge in [-0.2, -0.15) is 0 Å². The first-order chi connectivity index (χ1) is 11.2. The number of para-hydroxylation sites is 1. The number of fused-ring (bicyclic) bond motifs is 1. The van der Waals surface area contributed by atoms with E-state index in [1.807, 2.05) is 18.0 Å². The first kappa shape index (κ1) is 14.9. The number of benzene rings is 1. The van der Waals surface area contributed by atoms with E-state index in [0.29, 0.717) is 17.9 Å². The van der Waals surface area contributed by atoms with Crippen LogP contribution in [0.1, 0.15) is 32.1 Å². The Balaban J connectivity index is 1.39. The summed E-state index contributed by atoms with van der Waals surface area (Å²) in [5.41, 5.74) is 1.09. The van der Waals surface area contributed by atoms with Gasteiger partial charge >= 0.3 is 0 Å². The Morgan fingerprint density at radius 1 is 1.22 bits per heavy atom. The molecule has 2 aromatic rings. The van der Waals surface area contributed by atoms with Gasteiger partial charge in [-0.25, -0.2) is 4.98 Å². The van der Waals surface area contributed by atoms with Crippen molar-refractivity contribution >= 4 is 32.6 Å². The summed E-state index contributed by atoms with van der Waals surface area (Å²) in [7, 11) is 2.00. The molecular weight excluding hydrogens is 306 g/mol. The largest absolute Gasteiger partial charge is 0.348 e. The van der Waals surface area contributed by atoms with Crippen molar-refractivity contribution in [1.29, 1.82) is 0 Å². The van der Waals surface area contributed by atoms with Crippen LogP contribution in [-0.4, -0.2) is 42.0 Å². The molecule has 1 aromatic carbocycles. The van der Waals surface area contributed by atoms with Gasteiger partial charge in [0.25, 0.3) is 0 Å². The van der Waals surface area contributed by atoms with E-state index in [9.17, 15) is 4.79 Å². The number of nitrogens with zero attached hydrogens (tertiary/aromatic N) is 3. The average Bonchev–Trinajstić information content (AvgIpc) is 2.96. The molecule has 2 heterocycles. The Kier molecular flexibility index (Phi) is 3.97. The summed E-state index contributed by atoms with van der Waals surface area (Å²) in [4.78, 5) is 21.6. The predicted octanol–water partition coefficient (Wildman–Crippen LogP) is 3.52. The molecule has 1 saturated heterocycles. The molecule has 0 unspecified atom stereocenters. The van der Waals surface area contributed by atoms with E-state index >= 15 is 0 Å². The zero-order valence-corrected chi connectivity index (χ0v) is 14.4. The minimum atomic E-state index is 0.308. The molecular formula is C18H23N3OS. The number of rotatable bonds is 3.